The highest BCUT2D eigenvalue weighted by Crippen LogP contribution is 2.33. The van der Waals surface area contributed by atoms with Crippen molar-refractivity contribution in [3.8, 4) is 11.5 Å². The van der Waals surface area contributed by atoms with Crippen molar-refractivity contribution < 1.29 is 14.3 Å². The summed E-state index contributed by atoms with van der Waals surface area (Å²) in [6.45, 7) is 6.44. The largest absolute Gasteiger partial charge is 0.493 e. The normalized spacial score (nSPS) is 13.5. The van der Waals surface area contributed by atoms with E-state index in [2.05, 4.69) is 11.9 Å². The van der Waals surface area contributed by atoms with E-state index in [4.69, 9.17) is 9.47 Å². The standard InChI is InChI=1S/C17H24N2O3/c1-4-7-18-8-5-17(20)19-9-6-13-10-15(21-2)16(22-3)11-14(13)12-19/h4,10-11,18H,1,5-9,12H2,2-3H3. The van der Waals surface area contributed by atoms with Gasteiger partial charge in [0.2, 0.25) is 5.91 Å². The van der Waals surface area contributed by atoms with Crippen molar-refractivity contribution in [3.05, 3.63) is 35.9 Å². The molecule has 0 atom stereocenters. The van der Waals surface area contributed by atoms with Gasteiger partial charge in [0.1, 0.15) is 0 Å². The van der Waals surface area contributed by atoms with Crippen molar-refractivity contribution in [2.75, 3.05) is 33.9 Å². The highest BCUT2D eigenvalue weighted by Gasteiger charge is 2.22. The first-order valence-corrected chi connectivity index (χ1v) is 7.52. The molecule has 5 nitrogen and oxygen atoms in total. The minimum absolute atomic E-state index is 0.178. The smallest absolute Gasteiger partial charge is 0.224 e. The molecule has 2 rings (SSSR count). The second-order valence-electron chi connectivity index (χ2n) is 5.28. The molecule has 1 heterocycles. The predicted octanol–water partition coefficient (Wildman–Crippen LogP) is 1.75. The molecule has 0 saturated carbocycles. The van der Waals surface area contributed by atoms with Crippen LogP contribution in [0, 0.1) is 0 Å². The summed E-state index contributed by atoms with van der Waals surface area (Å²) in [5, 5.41) is 3.16. The van der Waals surface area contributed by atoms with Gasteiger partial charge in [-0.2, -0.15) is 0 Å². The number of nitrogens with one attached hydrogen (secondary N) is 1. The Labute approximate surface area is 131 Å². The zero-order valence-corrected chi connectivity index (χ0v) is 13.4. The van der Waals surface area contributed by atoms with Crippen LogP contribution >= 0.6 is 0 Å². The second-order valence-corrected chi connectivity index (χ2v) is 5.28. The van der Waals surface area contributed by atoms with Gasteiger partial charge in [-0.25, -0.2) is 0 Å². The maximum Gasteiger partial charge on any atom is 0.224 e. The number of carbonyl (C=O) groups is 1. The highest BCUT2D eigenvalue weighted by molar-refractivity contribution is 5.76. The molecular weight excluding hydrogens is 280 g/mol. The Kier molecular flexibility index (Phi) is 5.83. The number of rotatable bonds is 7. The second kappa shape index (κ2) is 7.84. The minimum atomic E-state index is 0.178. The maximum atomic E-state index is 12.3. The van der Waals surface area contributed by atoms with Crippen molar-refractivity contribution in [2.45, 2.75) is 19.4 Å². The molecule has 0 saturated heterocycles. The molecule has 0 aliphatic carbocycles. The Morgan fingerprint density at radius 1 is 1.32 bits per heavy atom. The zero-order valence-electron chi connectivity index (χ0n) is 13.4. The first-order chi connectivity index (χ1) is 10.7. The lowest BCUT2D eigenvalue weighted by Gasteiger charge is -2.29. The first kappa shape index (κ1) is 16.4. The van der Waals surface area contributed by atoms with E-state index in [0.717, 1.165) is 30.8 Å². The number of carbonyl (C=O) groups excluding carboxylic acids is 1. The molecule has 0 fully saturated rings. The van der Waals surface area contributed by atoms with Crippen LogP contribution in [0.25, 0.3) is 0 Å². The van der Waals surface area contributed by atoms with Crippen molar-refractivity contribution >= 4 is 5.91 Å². The van der Waals surface area contributed by atoms with E-state index in [1.54, 1.807) is 20.3 Å². The number of ether oxygens (including phenoxy) is 2. The van der Waals surface area contributed by atoms with Crippen LogP contribution in [-0.4, -0.2) is 44.7 Å². The molecule has 0 bridgehead atoms. The summed E-state index contributed by atoms with van der Waals surface area (Å²) in [5.74, 6) is 1.63. The molecular formula is C17H24N2O3. The van der Waals surface area contributed by atoms with E-state index in [-0.39, 0.29) is 5.91 Å². The van der Waals surface area contributed by atoms with E-state index in [1.807, 2.05) is 17.0 Å². The number of hydrogen-bond acceptors (Lipinski definition) is 4. The van der Waals surface area contributed by atoms with Crippen LogP contribution in [0.3, 0.4) is 0 Å². The van der Waals surface area contributed by atoms with Gasteiger partial charge in [-0.05, 0) is 29.7 Å². The van der Waals surface area contributed by atoms with E-state index < -0.39 is 0 Å². The van der Waals surface area contributed by atoms with Gasteiger partial charge in [-0.3, -0.25) is 4.79 Å². The number of fused-ring (bicyclic) bond motifs is 1. The van der Waals surface area contributed by atoms with Crippen LogP contribution in [0.4, 0.5) is 0 Å². The van der Waals surface area contributed by atoms with Crippen LogP contribution in [0.5, 0.6) is 11.5 Å². The molecule has 0 aromatic heterocycles. The van der Waals surface area contributed by atoms with Gasteiger partial charge in [-0.1, -0.05) is 6.08 Å². The third-order valence-electron chi connectivity index (χ3n) is 3.88. The van der Waals surface area contributed by atoms with Crippen LogP contribution in [0.15, 0.2) is 24.8 Å². The number of nitrogens with zero attached hydrogens (tertiary/aromatic N) is 1. The van der Waals surface area contributed by atoms with Crippen molar-refractivity contribution in [1.82, 2.24) is 10.2 Å². The fraction of sp³-hybridized carbons (Fsp3) is 0.471. The summed E-state index contributed by atoms with van der Waals surface area (Å²) >= 11 is 0. The van der Waals surface area contributed by atoms with Crippen LogP contribution < -0.4 is 14.8 Å². The van der Waals surface area contributed by atoms with Gasteiger partial charge in [0.05, 0.1) is 14.2 Å². The van der Waals surface area contributed by atoms with Crippen molar-refractivity contribution in [1.29, 1.82) is 0 Å². The molecule has 1 aromatic carbocycles. The topological polar surface area (TPSA) is 50.8 Å². The lowest BCUT2D eigenvalue weighted by molar-refractivity contribution is -0.132. The molecule has 5 heteroatoms. The van der Waals surface area contributed by atoms with E-state index in [0.29, 0.717) is 25.3 Å². The van der Waals surface area contributed by atoms with Crippen molar-refractivity contribution in [3.63, 3.8) is 0 Å². The number of benzene rings is 1. The van der Waals surface area contributed by atoms with Gasteiger partial charge < -0.3 is 19.7 Å². The van der Waals surface area contributed by atoms with E-state index >= 15 is 0 Å². The maximum absolute atomic E-state index is 12.3. The highest BCUT2D eigenvalue weighted by atomic mass is 16.5. The fourth-order valence-corrected chi connectivity index (χ4v) is 2.65. The molecule has 1 N–H and O–H groups in total. The van der Waals surface area contributed by atoms with Gasteiger partial charge in [0.15, 0.2) is 11.5 Å². The molecule has 0 radical (unpaired) electrons. The molecule has 0 spiro atoms. The molecule has 1 aliphatic rings. The van der Waals surface area contributed by atoms with Gasteiger partial charge >= 0.3 is 0 Å². The Balaban J connectivity index is 2.01. The Hall–Kier alpha value is -2.01. The summed E-state index contributed by atoms with van der Waals surface area (Å²) in [6, 6.07) is 3.99. The Morgan fingerprint density at radius 3 is 2.64 bits per heavy atom. The summed E-state index contributed by atoms with van der Waals surface area (Å²) in [4.78, 5) is 14.2. The van der Waals surface area contributed by atoms with Gasteiger partial charge in [0.25, 0.3) is 0 Å². The predicted molar refractivity (Wildman–Crippen MR) is 86.4 cm³/mol. The van der Waals surface area contributed by atoms with Crippen LogP contribution in [0.1, 0.15) is 17.5 Å². The minimum Gasteiger partial charge on any atom is -0.493 e. The average molecular weight is 304 g/mol. The van der Waals surface area contributed by atoms with E-state index in [1.165, 1.54) is 5.56 Å². The fourth-order valence-electron chi connectivity index (χ4n) is 2.65. The third-order valence-corrected chi connectivity index (χ3v) is 3.88. The third kappa shape index (κ3) is 3.80. The molecule has 0 unspecified atom stereocenters. The quantitative estimate of drug-likeness (QED) is 0.616. The monoisotopic (exact) mass is 304 g/mol. The molecule has 1 amide bonds. The summed E-state index contributed by atoms with van der Waals surface area (Å²) in [7, 11) is 3.26. The van der Waals surface area contributed by atoms with E-state index in [9.17, 15) is 4.79 Å². The molecule has 1 aliphatic heterocycles. The van der Waals surface area contributed by atoms with Gasteiger partial charge in [0, 0.05) is 32.6 Å². The molecule has 1 aromatic rings. The summed E-state index contributed by atoms with van der Waals surface area (Å²) in [6.07, 6.45) is 3.15. The van der Waals surface area contributed by atoms with Crippen molar-refractivity contribution in [2.24, 2.45) is 0 Å². The number of hydrogen-bond donors (Lipinski definition) is 1. The summed E-state index contributed by atoms with van der Waals surface area (Å²) in [5.41, 5.74) is 2.36. The first-order valence-electron chi connectivity index (χ1n) is 7.52. The van der Waals surface area contributed by atoms with Crippen LogP contribution in [0.2, 0.25) is 0 Å². The number of amides is 1. The van der Waals surface area contributed by atoms with Gasteiger partial charge in [-0.15, -0.1) is 6.58 Å². The zero-order chi connectivity index (χ0) is 15.9. The lowest BCUT2D eigenvalue weighted by atomic mass is 9.98. The number of methoxy groups -OCH3 is 2. The lowest BCUT2D eigenvalue weighted by Crippen LogP contribution is -2.37. The molecule has 22 heavy (non-hydrogen) atoms. The molecule has 120 valence electrons. The average Bonchev–Trinajstić information content (AvgIpc) is 2.56. The Morgan fingerprint density at radius 2 is 2.00 bits per heavy atom. The summed E-state index contributed by atoms with van der Waals surface area (Å²) < 4.78 is 10.7. The van der Waals surface area contributed by atoms with Crippen LogP contribution in [-0.2, 0) is 17.8 Å². The Bertz CT molecular complexity index is 543. The SMILES string of the molecule is C=CCNCCC(=O)N1CCc2cc(OC)c(OC)cc2C1.